The Hall–Kier alpha value is -1.38. The molecule has 3 N–H and O–H groups in total. The predicted molar refractivity (Wildman–Crippen MR) is 50.2 cm³/mol. The second-order valence-electron chi connectivity index (χ2n) is 2.94. The number of aryl methyl sites for hydroxylation is 1. The van der Waals surface area contributed by atoms with E-state index in [1.54, 1.807) is 0 Å². The minimum absolute atomic E-state index is 0.0975. The van der Waals surface area contributed by atoms with E-state index in [4.69, 9.17) is 0 Å². The van der Waals surface area contributed by atoms with Gasteiger partial charge in [0, 0.05) is 5.56 Å². The highest BCUT2D eigenvalue weighted by Crippen LogP contribution is 2.38. The first kappa shape index (κ1) is 9.71. The Balaban J connectivity index is 3.39. The van der Waals surface area contributed by atoms with E-state index in [0.29, 0.717) is 24.0 Å². The van der Waals surface area contributed by atoms with Gasteiger partial charge >= 0.3 is 0 Å². The first-order valence-corrected chi connectivity index (χ1v) is 4.37. The summed E-state index contributed by atoms with van der Waals surface area (Å²) in [6.07, 6.45) is 1.13. The molecule has 0 spiro atoms. The molecular weight excluding hydrogens is 168 g/mol. The first-order chi connectivity index (χ1) is 6.11. The molecule has 0 unspecified atom stereocenters. The van der Waals surface area contributed by atoms with Crippen LogP contribution in [0.25, 0.3) is 0 Å². The first-order valence-electron chi connectivity index (χ1n) is 4.37. The third kappa shape index (κ3) is 1.54. The lowest BCUT2D eigenvalue weighted by Gasteiger charge is -2.10. The average Bonchev–Trinajstić information content (AvgIpc) is 2.12. The monoisotopic (exact) mass is 182 g/mol. The van der Waals surface area contributed by atoms with Gasteiger partial charge in [-0.25, -0.2) is 0 Å². The van der Waals surface area contributed by atoms with E-state index in [1.165, 1.54) is 6.07 Å². The van der Waals surface area contributed by atoms with Gasteiger partial charge in [-0.3, -0.25) is 0 Å². The van der Waals surface area contributed by atoms with Crippen molar-refractivity contribution >= 4 is 0 Å². The largest absolute Gasteiger partial charge is 0.507 e. The Morgan fingerprint density at radius 3 is 2.08 bits per heavy atom. The second-order valence-corrected chi connectivity index (χ2v) is 2.94. The number of benzene rings is 1. The molecular formula is C10H14O3. The highest BCUT2D eigenvalue weighted by atomic mass is 16.3. The zero-order valence-corrected chi connectivity index (χ0v) is 7.83. The quantitative estimate of drug-likeness (QED) is 0.483. The van der Waals surface area contributed by atoms with Gasteiger partial charge in [-0.15, -0.1) is 0 Å². The van der Waals surface area contributed by atoms with E-state index in [0.717, 1.165) is 0 Å². The lowest BCUT2D eigenvalue weighted by Crippen LogP contribution is -1.89. The smallest absolute Gasteiger partial charge is 0.164 e. The summed E-state index contributed by atoms with van der Waals surface area (Å²) >= 11 is 0. The summed E-state index contributed by atoms with van der Waals surface area (Å²) in [5.74, 6) is -0.274. The molecule has 0 fully saturated rings. The summed E-state index contributed by atoms with van der Waals surface area (Å²) in [5.41, 5.74) is 1.07. The van der Waals surface area contributed by atoms with Gasteiger partial charge in [0.1, 0.15) is 5.75 Å². The van der Waals surface area contributed by atoms with Crippen LogP contribution in [0, 0.1) is 0 Å². The second kappa shape index (κ2) is 3.56. The van der Waals surface area contributed by atoms with Gasteiger partial charge in [0.2, 0.25) is 0 Å². The third-order valence-corrected chi connectivity index (χ3v) is 2.16. The Labute approximate surface area is 77.3 Å². The van der Waals surface area contributed by atoms with E-state index in [1.807, 2.05) is 13.8 Å². The van der Waals surface area contributed by atoms with Crippen molar-refractivity contribution in [2.24, 2.45) is 0 Å². The molecule has 72 valence electrons. The molecule has 1 aromatic rings. The molecule has 0 atom stereocenters. The van der Waals surface area contributed by atoms with Crippen LogP contribution >= 0.6 is 0 Å². The maximum atomic E-state index is 9.62. The third-order valence-electron chi connectivity index (χ3n) is 2.16. The van der Waals surface area contributed by atoms with E-state index < -0.39 is 0 Å². The summed E-state index contributed by atoms with van der Waals surface area (Å²) < 4.78 is 0. The minimum Gasteiger partial charge on any atom is -0.507 e. The number of phenols is 3. The van der Waals surface area contributed by atoms with Crippen molar-refractivity contribution in [3.8, 4) is 17.2 Å². The van der Waals surface area contributed by atoms with Gasteiger partial charge in [-0.2, -0.15) is 0 Å². The van der Waals surface area contributed by atoms with Gasteiger partial charge in [-0.1, -0.05) is 13.8 Å². The molecule has 0 aliphatic carbocycles. The molecule has 0 saturated carbocycles. The number of phenolic OH excluding ortho intramolecular Hbond substituents is 3. The SMILES string of the molecule is CCc1cc(O)c(O)c(CC)c1O. The van der Waals surface area contributed by atoms with Crippen molar-refractivity contribution in [2.75, 3.05) is 0 Å². The Bertz CT molecular complexity index is 318. The molecule has 0 aromatic heterocycles. The summed E-state index contributed by atoms with van der Waals surface area (Å²) in [5, 5.41) is 28.3. The Morgan fingerprint density at radius 2 is 1.62 bits per heavy atom. The topological polar surface area (TPSA) is 60.7 Å². The molecule has 0 amide bonds. The standard InChI is InChI=1S/C10H14O3/c1-3-6-5-8(11)10(13)7(4-2)9(6)12/h5,11-13H,3-4H2,1-2H3. The molecule has 1 aromatic carbocycles. The summed E-state index contributed by atoms with van der Waals surface area (Å²) in [6.45, 7) is 3.69. The molecule has 3 nitrogen and oxygen atoms in total. The highest BCUT2D eigenvalue weighted by molar-refractivity contribution is 5.56. The molecule has 13 heavy (non-hydrogen) atoms. The fraction of sp³-hybridized carbons (Fsp3) is 0.400. The minimum atomic E-state index is -0.211. The average molecular weight is 182 g/mol. The van der Waals surface area contributed by atoms with E-state index in [2.05, 4.69) is 0 Å². The Kier molecular flexibility index (Phi) is 2.66. The zero-order chi connectivity index (χ0) is 10.0. The van der Waals surface area contributed by atoms with Gasteiger partial charge in [0.25, 0.3) is 0 Å². The van der Waals surface area contributed by atoms with Gasteiger partial charge < -0.3 is 15.3 Å². The number of hydrogen-bond donors (Lipinski definition) is 3. The van der Waals surface area contributed by atoms with Crippen molar-refractivity contribution in [2.45, 2.75) is 26.7 Å². The van der Waals surface area contributed by atoms with Crippen LogP contribution in [0.15, 0.2) is 6.07 Å². The van der Waals surface area contributed by atoms with E-state index >= 15 is 0 Å². The van der Waals surface area contributed by atoms with Crippen molar-refractivity contribution in [1.29, 1.82) is 0 Å². The molecule has 0 saturated heterocycles. The molecule has 0 bridgehead atoms. The van der Waals surface area contributed by atoms with Crippen LogP contribution in [0.4, 0.5) is 0 Å². The van der Waals surface area contributed by atoms with Crippen molar-refractivity contribution in [3.63, 3.8) is 0 Å². The van der Waals surface area contributed by atoms with Crippen LogP contribution in [-0.2, 0) is 12.8 Å². The molecule has 0 aliphatic rings. The summed E-state index contributed by atoms with van der Waals surface area (Å²) in [6, 6.07) is 1.39. The van der Waals surface area contributed by atoms with Crippen molar-refractivity contribution in [1.82, 2.24) is 0 Å². The van der Waals surface area contributed by atoms with Crippen molar-refractivity contribution in [3.05, 3.63) is 17.2 Å². The fourth-order valence-corrected chi connectivity index (χ4v) is 1.37. The van der Waals surface area contributed by atoms with E-state index in [9.17, 15) is 15.3 Å². The molecule has 0 radical (unpaired) electrons. The highest BCUT2D eigenvalue weighted by Gasteiger charge is 2.13. The lowest BCUT2D eigenvalue weighted by molar-refractivity contribution is 0.388. The van der Waals surface area contributed by atoms with Gasteiger partial charge in [0.15, 0.2) is 11.5 Å². The summed E-state index contributed by atoms with van der Waals surface area (Å²) in [4.78, 5) is 0. The van der Waals surface area contributed by atoms with Crippen LogP contribution < -0.4 is 0 Å². The van der Waals surface area contributed by atoms with Crippen LogP contribution in [-0.4, -0.2) is 15.3 Å². The molecule has 0 aliphatic heterocycles. The maximum absolute atomic E-state index is 9.62. The lowest BCUT2D eigenvalue weighted by atomic mass is 10.0. The van der Waals surface area contributed by atoms with E-state index in [-0.39, 0.29) is 17.2 Å². The maximum Gasteiger partial charge on any atom is 0.164 e. The van der Waals surface area contributed by atoms with Crippen LogP contribution in [0.2, 0.25) is 0 Å². The van der Waals surface area contributed by atoms with Crippen LogP contribution in [0.1, 0.15) is 25.0 Å². The number of aromatic hydroxyl groups is 3. The molecule has 1 rings (SSSR count). The zero-order valence-electron chi connectivity index (χ0n) is 7.83. The van der Waals surface area contributed by atoms with Crippen LogP contribution in [0.5, 0.6) is 17.2 Å². The summed E-state index contributed by atoms with van der Waals surface area (Å²) in [7, 11) is 0. The van der Waals surface area contributed by atoms with Crippen molar-refractivity contribution < 1.29 is 15.3 Å². The van der Waals surface area contributed by atoms with Gasteiger partial charge in [-0.05, 0) is 24.5 Å². The molecule has 0 heterocycles. The predicted octanol–water partition coefficient (Wildman–Crippen LogP) is 1.93. The Morgan fingerprint density at radius 1 is 1.00 bits per heavy atom. The number of hydrogen-bond acceptors (Lipinski definition) is 3. The van der Waals surface area contributed by atoms with Gasteiger partial charge in [0.05, 0.1) is 0 Å². The van der Waals surface area contributed by atoms with Crippen LogP contribution in [0.3, 0.4) is 0 Å². The normalized spacial score (nSPS) is 10.3. The molecule has 3 heteroatoms. The number of rotatable bonds is 2. The fourth-order valence-electron chi connectivity index (χ4n) is 1.37.